The highest BCUT2D eigenvalue weighted by Crippen LogP contribution is 2.22. The van der Waals surface area contributed by atoms with Gasteiger partial charge in [0.25, 0.3) is 0 Å². The van der Waals surface area contributed by atoms with Crippen molar-refractivity contribution in [1.29, 1.82) is 0 Å². The second kappa shape index (κ2) is 9.37. The number of hydrogen-bond donors (Lipinski definition) is 0. The van der Waals surface area contributed by atoms with Crippen molar-refractivity contribution in [3.63, 3.8) is 0 Å². The van der Waals surface area contributed by atoms with Gasteiger partial charge in [0.15, 0.2) is 5.78 Å². The number of carbonyl (C=O) groups is 2. The van der Waals surface area contributed by atoms with E-state index in [2.05, 4.69) is 21.9 Å². The molecule has 0 atom stereocenters. The van der Waals surface area contributed by atoms with E-state index in [4.69, 9.17) is 9.47 Å². The third-order valence-corrected chi connectivity index (χ3v) is 4.87. The first-order valence-corrected chi connectivity index (χ1v) is 9.53. The van der Waals surface area contributed by atoms with Gasteiger partial charge in [0, 0.05) is 37.4 Å². The van der Waals surface area contributed by atoms with E-state index in [1.807, 2.05) is 25.1 Å². The third-order valence-electron chi connectivity index (χ3n) is 4.87. The highest BCUT2D eigenvalue weighted by Gasteiger charge is 2.21. The van der Waals surface area contributed by atoms with Crippen molar-refractivity contribution in [3.8, 4) is 5.75 Å². The van der Waals surface area contributed by atoms with Crippen LogP contribution < -0.4 is 9.64 Å². The van der Waals surface area contributed by atoms with Crippen molar-refractivity contribution < 1.29 is 19.1 Å². The molecule has 2 aromatic carbocycles. The maximum absolute atomic E-state index is 12.7. The summed E-state index contributed by atoms with van der Waals surface area (Å²) in [7, 11) is 1.32. The number of para-hydroxylation sites is 1. The number of methoxy groups -OCH3 is 1. The topological polar surface area (TPSA) is 59.1 Å². The van der Waals surface area contributed by atoms with Crippen LogP contribution in [0.25, 0.3) is 0 Å². The fourth-order valence-corrected chi connectivity index (χ4v) is 3.35. The lowest BCUT2D eigenvalue weighted by Gasteiger charge is -2.35. The van der Waals surface area contributed by atoms with Crippen LogP contribution in [0.15, 0.2) is 48.5 Å². The van der Waals surface area contributed by atoms with Gasteiger partial charge in [0.2, 0.25) is 0 Å². The van der Waals surface area contributed by atoms with Crippen molar-refractivity contribution in [3.05, 3.63) is 59.7 Å². The number of ketones is 1. The molecule has 6 nitrogen and oxygen atoms in total. The summed E-state index contributed by atoms with van der Waals surface area (Å²) in [5, 5.41) is 0. The molecule has 0 unspecified atom stereocenters. The normalized spacial score (nSPS) is 14.6. The highest BCUT2D eigenvalue weighted by molar-refractivity contribution is 6.01. The van der Waals surface area contributed by atoms with E-state index in [0.717, 1.165) is 26.2 Å². The molecule has 1 aliphatic heterocycles. The summed E-state index contributed by atoms with van der Waals surface area (Å²) in [4.78, 5) is 29.2. The molecule has 0 radical (unpaired) electrons. The van der Waals surface area contributed by atoms with Gasteiger partial charge in [-0.25, -0.2) is 4.79 Å². The number of hydrogen-bond acceptors (Lipinski definition) is 6. The third kappa shape index (κ3) is 4.70. The van der Waals surface area contributed by atoms with Crippen LogP contribution >= 0.6 is 0 Å². The number of esters is 1. The van der Waals surface area contributed by atoms with Gasteiger partial charge < -0.3 is 14.4 Å². The number of nitrogens with zero attached hydrogens (tertiary/aromatic N) is 2. The molecule has 0 aliphatic carbocycles. The van der Waals surface area contributed by atoms with E-state index in [0.29, 0.717) is 24.5 Å². The zero-order valence-electron chi connectivity index (χ0n) is 16.4. The average Bonchev–Trinajstić information content (AvgIpc) is 2.74. The van der Waals surface area contributed by atoms with E-state index in [-0.39, 0.29) is 11.3 Å². The first-order chi connectivity index (χ1) is 13.6. The smallest absolute Gasteiger partial charge is 0.341 e. The van der Waals surface area contributed by atoms with E-state index in [1.165, 1.54) is 12.8 Å². The van der Waals surface area contributed by atoms with Crippen molar-refractivity contribution in [2.45, 2.75) is 6.92 Å². The van der Waals surface area contributed by atoms with Gasteiger partial charge in [-0.2, -0.15) is 0 Å². The zero-order chi connectivity index (χ0) is 19.9. The van der Waals surface area contributed by atoms with Gasteiger partial charge in [-0.1, -0.05) is 18.2 Å². The molecule has 1 fully saturated rings. The number of rotatable bonds is 7. The van der Waals surface area contributed by atoms with Crippen molar-refractivity contribution in [2.75, 3.05) is 51.3 Å². The summed E-state index contributed by atoms with van der Waals surface area (Å²) >= 11 is 0. The molecule has 1 saturated heterocycles. The number of anilines is 1. The van der Waals surface area contributed by atoms with Crippen molar-refractivity contribution in [2.24, 2.45) is 0 Å². The Labute approximate surface area is 165 Å². The Bertz CT molecular complexity index is 815. The lowest BCUT2D eigenvalue weighted by molar-refractivity contribution is 0.0596. The average molecular weight is 382 g/mol. The van der Waals surface area contributed by atoms with Gasteiger partial charge in [-0.05, 0) is 37.3 Å². The molecule has 2 aromatic rings. The molecule has 148 valence electrons. The summed E-state index contributed by atoms with van der Waals surface area (Å²) < 4.78 is 10.3. The molecule has 1 aliphatic rings. The molecular weight excluding hydrogens is 356 g/mol. The Hall–Kier alpha value is -2.86. The maximum atomic E-state index is 12.7. The van der Waals surface area contributed by atoms with Crippen LogP contribution in [0.5, 0.6) is 5.75 Å². The monoisotopic (exact) mass is 382 g/mol. The van der Waals surface area contributed by atoms with Gasteiger partial charge in [0.1, 0.15) is 11.3 Å². The summed E-state index contributed by atoms with van der Waals surface area (Å²) in [6, 6.07) is 15.2. The standard InChI is InChI=1S/C22H26N2O4/c1-3-28-21-10-9-17(15-19(21)22(26)27-2)20(25)16-23-11-13-24(14-12-23)18-7-5-4-6-8-18/h4-10,15H,3,11-14,16H2,1-2H3. The molecule has 0 spiro atoms. The Morgan fingerprint density at radius 3 is 2.36 bits per heavy atom. The molecule has 0 aromatic heterocycles. The van der Waals surface area contributed by atoms with Crippen LogP contribution in [-0.2, 0) is 4.74 Å². The minimum absolute atomic E-state index is 0.0126. The summed E-state index contributed by atoms with van der Waals surface area (Å²) in [5.41, 5.74) is 1.99. The molecule has 0 N–H and O–H groups in total. The van der Waals surface area contributed by atoms with Gasteiger partial charge >= 0.3 is 5.97 Å². The van der Waals surface area contributed by atoms with Crippen LogP contribution in [0, 0.1) is 0 Å². The molecule has 3 rings (SSSR count). The number of piperazine rings is 1. The second-order valence-electron chi connectivity index (χ2n) is 6.66. The first kappa shape index (κ1) is 19.9. The minimum atomic E-state index is -0.505. The van der Waals surface area contributed by atoms with Crippen LogP contribution in [0.2, 0.25) is 0 Å². The predicted octanol–water partition coefficient (Wildman–Crippen LogP) is 2.88. The Kier molecular flexibility index (Phi) is 6.66. The summed E-state index contributed by atoms with van der Waals surface area (Å²) in [6.07, 6.45) is 0. The van der Waals surface area contributed by atoms with Crippen molar-refractivity contribution >= 4 is 17.4 Å². The molecule has 6 heteroatoms. The Balaban J connectivity index is 1.63. The molecule has 28 heavy (non-hydrogen) atoms. The van der Waals surface area contributed by atoms with Crippen LogP contribution in [0.1, 0.15) is 27.6 Å². The van der Waals surface area contributed by atoms with Gasteiger partial charge in [-0.15, -0.1) is 0 Å². The fraction of sp³-hybridized carbons (Fsp3) is 0.364. The minimum Gasteiger partial charge on any atom is -0.493 e. The van der Waals surface area contributed by atoms with Crippen molar-refractivity contribution in [1.82, 2.24) is 4.90 Å². The summed E-state index contributed by atoms with van der Waals surface area (Å²) in [5.74, 6) is -0.0849. The Morgan fingerprint density at radius 1 is 1.00 bits per heavy atom. The van der Waals surface area contributed by atoms with E-state index < -0.39 is 5.97 Å². The number of benzene rings is 2. The molecule has 0 saturated carbocycles. The lowest BCUT2D eigenvalue weighted by atomic mass is 10.1. The van der Waals surface area contributed by atoms with E-state index in [9.17, 15) is 9.59 Å². The van der Waals surface area contributed by atoms with Crippen LogP contribution in [0.3, 0.4) is 0 Å². The Morgan fingerprint density at radius 2 is 1.71 bits per heavy atom. The van der Waals surface area contributed by atoms with E-state index in [1.54, 1.807) is 18.2 Å². The fourth-order valence-electron chi connectivity index (χ4n) is 3.35. The predicted molar refractivity (Wildman–Crippen MR) is 108 cm³/mol. The molecule has 0 amide bonds. The quantitative estimate of drug-likeness (QED) is 0.542. The van der Waals surface area contributed by atoms with Gasteiger partial charge in [-0.3, -0.25) is 9.69 Å². The maximum Gasteiger partial charge on any atom is 0.341 e. The van der Waals surface area contributed by atoms with Gasteiger partial charge in [0.05, 0.1) is 20.3 Å². The summed E-state index contributed by atoms with van der Waals surface area (Å²) in [6.45, 7) is 6.01. The molecule has 1 heterocycles. The number of Topliss-reactive ketones (excluding diaryl/α,β-unsaturated/α-hetero) is 1. The first-order valence-electron chi connectivity index (χ1n) is 9.53. The van der Waals surface area contributed by atoms with Crippen LogP contribution in [0.4, 0.5) is 5.69 Å². The molecule has 0 bridgehead atoms. The van der Waals surface area contributed by atoms with E-state index >= 15 is 0 Å². The zero-order valence-corrected chi connectivity index (χ0v) is 16.4. The number of carbonyl (C=O) groups excluding carboxylic acids is 2. The highest BCUT2D eigenvalue weighted by atomic mass is 16.5. The molecular formula is C22H26N2O4. The largest absolute Gasteiger partial charge is 0.493 e. The van der Waals surface area contributed by atoms with Crippen LogP contribution in [-0.4, -0.2) is 63.1 Å². The second-order valence-corrected chi connectivity index (χ2v) is 6.66. The SMILES string of the molecule is CCOc1ccc(C(=O)CN2CCN(c3ccccc3)CC2)cc1C(=O)OC. The number of ether oxygens (including phenoxy) is 2. The lowest BCUT2D eigenvalue weighted by Crippen LogP contribution is -2.48.